The highest BCUT2D eigenvalue weighted by molar-refractivity contribution is 5.95. The van der Waals surface area contributed by atoms with Crippen molar-refractivity contribution in [1.29, 1.82) is 0 Å². The number of likely N-dealkylation sites (tertiary alicyclic amines) is 1. The Labute approximate surface area is 206 Å². The molecule has 0 radical (unpaired) electrons. The average Bonchev–Trinajstić information content (AvgIpc) is 3.70. The van der Waals surface area contributed by atoms with Gasteiger partial charge in [-0.15, -0.1) is 0 Å². The first kappa shape index (κ1) is 23.3. The second kappa shape index (κ2) is 9.66. The van der Waals surface area contributed by atoms with Crippen molar-refractivity contribution < 1.29 is 4.79 Å². The third kappa shape index (κ3) is 5.00. The zero-order valence-electron chi connectivity index (χ0n) is 20.5. The van der Waals surface area contributed by atoms with E-state index in [9.17, 15) is 9.59 Å². The number of nitrogens with one attached hydrogen (secondary N) is 2. The summed E-state index contributed by atoms with van der Waals surface area (Å²) in [4.78, 5) is 32.8. The molecule has 1 aromatic heterocycles. The molecule has 2 aliphatic rings. The van der Waals surface area contributed by atoms with Crippen LogP contribution in [-0.4, -0.2) is 53.1 Å². The van der Waals surface area contributed by atoms with Gasteiger partial charge in [0.1, 0.15) is 0 Å². The van der Waals surface area contributed by atoms with E-state index in [1.807, 2.05) is 25.1 Å². The first-order valence-corrected chi connectivity index (χ1v) is 12.4. The molecule has 3 aromatic rings. The summed E-state index contributed by atoms with van der Waals surface area (Å²) in [5.74, 6) is 0.232. The largest absolute Gasteiger partial charge is 0.365 e. The van der Waals surface area contributed by atoms with Crippen molar-refractivity contribution in [3.63, 3.8) is 0 Å². The summed E-state index contributed by atoms with van der Waals surface area (Å²) in [7, 11) is 2.15. The van der Waals surface area contributed by atoms with E-state index in [0.717, 1.165) is 44.3 Å². The lowest BCUT2D eigenvalue weighted by Gasteiger charge is -2.41. The summed E-state index contributed by atoms with van der Waals surface area (Å²) in [5.41, 5.74) is 3.20. The Morgan fingerprint density at radius 3 is 2.57 bits per heavy atom. The van der Waals surface area contributed by atoms with E-state index in [2.05, 4.69) is 51.8 Å². The molecule has 0 bridgehead atoms. The number of benzene rings is 2. The van der Waals surface area contributed by atoms with Crippen molar-refractivity contribution in [2.24, 2.45) is 0 Å². The van der Waals surface area contributed by atoms with Crippen molar-refractivity contribution in [1.82, 2.24) is 19.8 Å². The van der Waals surface area contributed by atoms with E-state index in [1.54, 1.807) is 23.0 Å². The number of hydrogen-bond acceptors (Lipinski definition) is 5. The van der Waals surface area contributed by atoms with Gasteiger partial charge >= 0.3 is 0 Å². The predicted octanol–water partition coefficient (Wildman–Crippen LogP) is 3.51. The third-order valence-electron chi connectivity index (χ3n) is 7.41. The molecule has 1 saturated carbocycles. The zero-order chi connectivity index (χ0) is 24.4. The fourth-order valence-corrected chi connectivity index (χ4v) is 4.89. The monoisotopic (exact) mass is 471 g/mol. The first-order chi connectivity index (χ1) is 16.9. The van der Waals surface area contributed by atoms with Gasteiger partial charge in [0.05, 0.1) is 5.69 Å². The fraction of sp³-hybridized carbons (Fsp3) is 0.393. The van der Waals surface area contributed by atoms with Crippen LogP contribution in [0.25, 0.3) is 5.69 Å². The lowest BCUT2D eigenvalue weighted by molar-refractivity contribution is 0.0951. The molecule has 182 valence electrons. The number of amides is 1. The van der Waals surface area contributed by atoms with Gasteiger partial charge in [-0.05, 0) is 76.0 Å². The third-order valence-corrected chi connectivity index (χ3v) is 7.41. The Morgan fingerprint density at radius 1 is 1.11 bits per heavy atom. The topological polar surface area (TPSA) is 79.3 Å². The Hall–Kier alpha value is -3.45. The Morgan fingerprint density at radius 2 is 1.86 bits per heavy atom. The number of hydrogen-bond donors (Lipinski definition) is 2. The summed E-state index contributed by atoms with van der Waals surface area (Å²) < 4.78 is 1.59. The van der Waals surface area contributed by atoms with Crippen LogP contribution in [0.5, 0.6) is 0 Å². The molecule has 2 N–H and O–H groups in total. The second-order valence-electron chi connectivity index (χ2n) is 10.0. The second-order valence-corrected chi connectivity index (χ2v) is 10.0. The molecule has 5 rings (SSSR count). The van der Waals surface area contributed by atoms with Gasteiger partial charge in [0.15, 0.2) is 5.82 Å². The molecule has 0 unspecified atom stereocenters. The van der Waals surface area contributed by atoms with Crippen LogP contribution >= 0.6 is 0 Å². The van der Waals surface area contributed by atoms with Crippen LogP contribution in [0.15, 0.2) is 65.7 Å². The highest BCUT2D eigenvalue weighted by atomic mass is 16.2. The minimum Gasteiger partial charge on any atom is -0.365 e. The molecule has 0 atom stereocenters. The number of rotatable bonds is 7. The van der Waals surface area contributed by atoms with Gasteiger partial charge in [-0.3, -0.25) is 14.2 Å². The van der Waals surface area contributed by atoms with Crippen molar-refractivity contribution in [3.05, 3.63) is 88.0 Å². The summed E-state index contributed by atoms with van der Waals surface area (Å²) in [6.45, 7) is 4.61. The lowest BCUT2D eigenvalue weighted by Crippen LogP contribution is -2.45. The molecule has 7 nitrogen and oxygen atoms in total. The van der Waals surface area contributed by atoms with Crippen molar-refractivity contribution in [2.75, 3.05) is 32.0 Å². The van der Waals surface area contributed by atoms with Gasteiger partial charge in [0.2, 0.25) is 0 Å². The molecule has 0 spiro atoms. The smallest absolute Gasteiger partial charge is 0.297 e. The number of anilines is 1. The molecule has 1 amide bonds. The number of carbonyl (C=O) groups excluding carboxylic acids is 1. The molecule has 35 heavy (non-hydrogen) atoms. The van der Waals surface area contributed by atoms with Gasteiger partial charge < -0.3 is 15.5 Å². The summed E-state index contributed by atoms with van der Waals surface area (Å²) in [5, 5.41) is 6.42. The summed E-state index contributed by atoms with van der Waals surface area (Å²) in [6.07, 6.45) is 7.40. The van der Waals surface area contributed by atoms with Crippen LogP contribution in [0.4, 0.5) is 5.82 Å². The highest BCUT2D eigenvalue weighted by Crippen LogP contribution is 2.35. The summed E-state index contributed by atoms with van der Waals surface area (Å²) in [6, 6.07) is 16.3. The van der Waals surface area contributed by atoms with Crippen molar-refractivity contribution >= 4 is 11.7 Å². The quantitative estimate of drug-likeness (QED) is 0.551. The van der Waals surface area contributed by atoms with Gasteiger partial charge in [0.25, 0.3) is 11.5 Å². The lowest BCUT2D eigenvalue weighted by atomic mass is 9.72. The SMILES string of the molecule is Cc1ccc(C(=O)NC2CC2)cc1-n1ccnc(NCC2(c3ccccc3)CCN(C)CC2)c1=O. The van der Waals surface area contributed by atoms with Crippen LogP contribution in [-0.2, 0) is 5.41 Å². The molecule has 1 aliphatic heterocycles. The van der Waals surface area contributed by atoms with E-state index < -0.39 is 0 Å². The molecule has 1 aliphatic carbocycles. The number of carbonyl (C=O) groups is 1. The van der Waals surface area contributed by atoms with Crippen molar-refractivity contribution in [2.45, 2.75) is 44.1 Å². The van der Waals surface area contributed by atoms with Crippen LogP contribution in [0.1, 0.15) is 47.2 Å². The number of piperidine rings is 1. The van der Waals surface area contributed by atoms with Crippen LogP contribution in [0, 0.1) is 6.92 Å². The molecule has 2 fully saturated rings. The Bertz CT molecular complexity index is 1260. The maximum atomic E-state index is 13.5. The molecule has 2 heterocycles. The van der Waals surface area contributed by atoms with Crippen LogP contribution in [0.2, 0.25) is 0 Å². The molecular weight excluding hydrogens is 438 g/mol. The highest BCUT2D eigenvalue weighted by Gasteiger charge is 2.35. The van der Waals surface area contributed by atoms with E-state index >= 15 is 0 Å². The van der Waals surface area contributed by atoms with E-state index in [0.29, 0.717) is 23.6 Å². The van der Waals surface area contributed by atoms with Crippen LogP contribution < -0.4 is 16.2 Å². The van der Waals surface area contributed by atoms with Gasteiger partial charge in [-0.1, -0.05) is 36.4 Å². The minimum atomic E-state index is -0.216. The van der Waals surface area contributed by atoms with E-state index in [4.69, 9.17) is 0 Å². The normalized spacial score (nSPS) is 17.7. The zero-order valence-corrected chi connectivity index (χ0v) is 20.5. The molecular formula is C28H33N5O2. The number of aryl methyl sites for hydroxylation is 1. The van der Waals surface area contributed by atoms with Gasteiger partial charge in [0, 0.05) is 36.0 Å². The fourth-order valence-electron chi connectivity index (χ4n) is 4.89. The van der Waals surface area contributed by atoms with Gasteiger partial charge in [-0.25, -0.2) is 4.98 Å². The Kier molecular flexibility index (Phi) is 6.43. The van der Waals surface area contributed by atoms with Crippen LogP contribution in [0.3, 0.4) is 0 Å². The Balaban J connectivity index is 1.42. The van der Waals surface area contributed by atoms with Crippen molar-refractivity contribution in [3.8, 4) is 5.69 Å². The predicted molar refractivity (Wildman–Crippen MR) is 138 cm³/mol. The number of nitrogens with zero attached hydrogens (tertiary/aromatic N) is 3. The first-order valence-electron chi connectivity index (χ1n) is 12.4. The summed E-state index contributed by atoms with van der Waals surface area (Å²) >= 11 is 0. The molecule has 1 saturated heterocycles. The van der Waals surface area contributed by atoms with E-state index in [1.165, 1.54) is 5.56 Å². The molecule has 7 heteroatoms. The standard InChI is InChI=1S/C28H33N5O2/c1-20-8-9-21(26(34)31-23-10-11-23)18-24(20)33-17-14-29-25(27(33)35)30-19-28(12-15-32(2)16-13-28)22-6-4-3-5-7-22/h3-9,14,17-18,23H,10-13,15-16,19H2,1-2H3,(H,29,30)(H,31,34). The minimum absolute atomic E-state index is 0.0563. The maximum absolute atomic E-state index is 13.5. The van der Waals surface area contributed by atoms with E-state index in [-0.39, 0.29) is 22.9 Å². The molecule has 2 aromatic carbocycles. The number of aromatic nitrogens is 2. The van der Waals surface area contributed by atoms with Gasteiger partial charge in [-0.2, -0.15) is 0 Å². The average molecular weight is 472 g/mol. The maximum Gasteiger partial charge on any atom is 0.297 e.